The Bertz CT molecular complexity index is 870. The third kappa shape index (κ3) is 5.87. The molecule has 2 rings (SSSR count). The average Bonchev–Trinajstić information content (AvgIpc) is 2.87. The maximum atomic E-state index is 12.0. The maximum Gasteiger partial charge on any atom is 0.447 e. The number of carbonyl (C=O) groups excluding carboxylic acids is 1. The maximum absolute atomic E-state index is 12.0. The van der Waals surface area contributed by atoms with Crippen molar-refractivity contribution in [3.63, 3.8) is 0 Å². The fourth-order valence-corrected chi connectivity index (χ4v) is 2.30. The highest BCUT2D eigenvalue weighted by molar-refractivity contribution is 7.99. The van der Waals surface area contributed by atoms with Crippen LogP contribution in [0, 0.1) is 0 Å². The summed E-state index contributed by atoms with van der Waals surface area (Å²) in [6, 6.07) is 7.18. The number of benzene rings is 1. The fourth-order valence-electron chi connectivity index (χ4n) is 1.81. The Morgan fingerprint density at radius 1 is 1.27 bits per heavy atom. The van der Waals surface area contributed by atoms with Crippen molar-refractivity contribution in [1.29, 1.82) is 0 Å². The van der Waals surface area contributed by atoms with Crippen LogP contribution in [0.25, 0.3) is 11.5 Å². The van der Waals surface area contributed by atoms with Gasteiger partial charge in [0, 0.05) is 16.5 Å². The molecule has 140 valence electrons. The highest BCUT2D eigenvalue weighted by Crippen LogP contribution is 2.24. The Balaban J connectivity index is 2.25. The van der Waals surface area contributed by atoms with Gasteiger partial charge in [0.05, 0.1) is 0 Å². The van der Waals surface area contributed by atoms with Gasteiger partial charge >= 0.3 is 11.8 Å². The molecule has 0 aliphatic rings. The quantitative estimate of drug-likeness (QED) is 0.590. The van der Waals surface area contributed by atoms with Crippen LogP contribution in [-0.2, 0) is 4.74 Å². The zero-order chi connectivity index (χ0) is 19.5. The summed E-state index contributed by atoms with van der Waals surface area (Å²) in [5, 5.41) is 3.94. The lowest BCUT2D eigenvalue weighted by Crippen LogP contribution is -2.32. The van der Waals surface area contributed by atoms with E-state index in [1.807, 2.05) is 6.07 Å². The first-order valence-corrected chi connectivity index (χ1v) is 8.87. The molecule has 0 fully saturated rings. The molecule has 8 heteroatoms. The molecule has 26 heavy (non-hydrogen) atoms. The lowest BCUT2D eigenvalue weighted by atomic mass is 10.1. The standard InChI is InChI=1S/C18H23N3O4S/c1-17(2,3)25-16(23)21-15(22)24-14(20-21)13-9-7-8-12(10-13)11-19-26-18(4,5)6/h7-11H,1-6H3/b19-11+. The van der Waals surface area contributed by atoms with Crippen LogP contribution >= 0.6 is 11.9 Å². The molecule has 0 N–H and O–H groups in total. The molecule has 0 unspecified atom stereocenters. The molecule has 0 aliphatic carbocycles. The van der Waals surface area contributed by atoms with Crippen molar-refractivity contribution in [3.05, 3.63) is 40.4 Å². The van der Waals surface area contributed by atoms with Gasteiger partial charge in [-0.1, -0.05) is 16.8 Å². The summed E-state index contributed by atoms with van der Waals surface area (Å²) in [5.41, 5.74) is 0.652. The minimum Gasteiger partial charge on any atom is -0.442 e. The summed E-state index contributed by atoms with van der Waals surface area (Å²) in [6.07, 6.45) is 0.847. The van der Waals surface area contributed by atoms with Crippen molar-refractivity contribution in [3.8, 4) is 11.5 Å². The van der Waals surface area contributed by atoms with Gasteiger partial charge in [-0.2, -0.15) is 0 Å². The lowest BCUT2D eigenvalue weighted by molar-refractivity contribution is 0.0503. The van der Waals surface area contributed by atoms with Crippen molar-refractivity contribution < 1.29 is 13.9 Å². The lowest BCUT2D eigenvalue weighted by Gasteiger charge is -2.17. The second-order valence-electron chi connectivity index (χ2n) is 7.63. The van der Waals surface area contributed by atoms with Gasteiger partial charge in [0.15, 0.2) is 0 Å². The summed E-state index contributed by atoms with van der Waals surface area (Å²) >= 11 is 1.46. The zero-order valence-corrected chi connectivity index (χ0v) is 16.6. The minimum absolute atomic E-state index is 0.0209. The van der Waals surface area contributed by atoms with Crippen LogP contribution in [0.4, 0.5) is 4.79 Å². The van der Waals surface area contributed by atoms with E-state index in [4.69, 9.17) is 9.15 Å². The van der Waals surface area contributed by atoms with Crippen molar-refractivity contribution in [2.45, 2.75) is 51.9 Å². The highest BCUT2D eigenvalue weighted by Gasteiger charge is 2.23. The Morgan fingerprint density at radius 2 is 1.96 bits per heavy atom. The normalized spacial score (nSPS) is 12.5. The number of rotatable bonds is 3. The van der Waals surface area contributed by atoms with Crippen molar-refractivity contribution in [2.24, 2.45) is 4.40 Å². The Kier molecular flexibility index (Phi) is 5.75. The van der Waals surface area contributed by atoms with E-state index in [1.165, 1.54) is 11.9 Å². The molecule has 1 aromatic carbocycles. The largest absolute Gasteiger partial charge is 0.447 e. The third-order valence-electron chi connectivity index (χ3n) is 2.78. The Labute approximate surface area is 156 Å². The van der Waals surface area contributed by atoms with Gasteiger partial charge in [-0.25, -0.2) is 14.0 Å². The molecule has 0 atom stereocenters. The van der Waals surface area contributed by atoms with Gasteiger partial charge in [0.2, 0.25) is 5.89 Å². The van der Waals surface area contributed by atoms with Crippen molar-refractivity contribution in [2.75, 3.05) is 0 Å². The molecule has 0 spiro atoms. The molecule has 1 heterocycles. The van der Waals surface area contributed by atoms with Crippen LogP contribution < -0.4 is 5.76 Å². The molecule has 0 saturated carbocycles. The smallest absolute Gasteiger partial charge is 0.442 e. The molecule has 0 radical (unpaired) electrons. The number of aromatic nitrogens is 2. The van der Waals surface area contributed by atoms with Crippen LogP contribution in [0.3, 0.4) is 0 Å². The molecule has 0 amide bonds. The summed E-state index contributed by atoms with van der Waals surface area (Å²) in [4.78, 5) is 23.9. The minimum atomic E-state index is -0.892. The number of hydrogen-bond donors (Lipinski definition) is 0. The van der Waals surface area contributed by atoms with Crippen LogP contribution in [0.1, 0.15) is 47.1 Å². The van der Waals surface area contributed by atoms with Crippen molar-refractivity contribution >= 4 is 24.3 Å². The van der Waals surface area contributed by atoms with Crippen LogP contribution in [-0.4, -0.2) is 32.4 Å². The first kappa shape index (κ1) is 20.0. The van der Waals surface area contributed by atoms with Gasteiger partial charge in [-0.15, -0.1) is 5.10 Å². The Morgan fingerprint density at radius 3 is 2.58 bits per heavy atom. The number of ether oxygens (including phenoxy) is 1. The first-order chi connectivity index (χ1) is 11.9. The monoisotopic (exact) mass is 377 g/mol. The second kappa shape index (κ2) is 7.49. The molecule has 0 bridgehead atoms. The van der Waals surface area contributed by atoms with E-state index in [0.29, 0.717) is 10.2 Å². The zero-order valence-electron chi connectivity index (χ0n) is 15.8. The van der Waals surface area contributed by atoms with E-state index < -0.39 is 17.5 Å². The van der Waals surface area contributed by atoms with E-state index in [9.17, 15) is 9.59 Å². The molecule has 0 saturated heterocycles. The highest BCUT2D eigenvalue weighted by atomic mass is 32.2. The summed E-state index contributed by atoms with van der Waals surface area (Å²) < 4.78 is 15.2. The Hall–Kier alpha value is -2.35. The summed E-state index contributed by atoms with van der Waals surface area (Å²) in [5.74, 6) is -0.851. The third-order valence-corrected chi connectivity index (χ3v) is 3.53. The number of nitrogens with zero attached hydrogens (tertiary/aromatic N) is 3. The van der Waals surface area contributed by atoms with Crippen LogP contribution in [0.15, 0.2) is 37.9 Å². The van der Waals surface area contributed by atoms with E-state index >= 15 is 0 Å². The topological polar surface area (TPSA) is 86.7 Å². The molecular formula is C18H23N3O4S. The molecule has 0 aliphatic heterocycles. The molecule has 1 aromatic heterocycles. The van der Waals surface area contributed by atoms with Crippen LogP contribution in [0.5, 0.6) is 0 Å². The van der Waals surface area contributed by atoms with Gasteiger partial charge in [0.25, 0.3) is 0 Å². The summed E-state index contributed by atoms with van der Waals surface area (Å²) in [6.45, 7) is 11.3. The molecule has 7 nitrogen and oxygen atoms in total. The van der Waals surface area contributed by atoms with E-state index in [2.05, 4.69) is 30.3 Å². The number of carbonyl (C=O) groups is 1. The average molecular weight is 377 g/mol. The predicted molar refractivity (Wildman–Crippen MR) is 103 cm³/mol. The van der Waals surface area contributed by atoms with Gasteiger partial charge in [-0.3, -0.25) is 0 Å². The predicted octanol–water partition coefficient (Wildman–Crippen LogP) is 4.15. The summed E-state index contributed by atoms with van der Waals surface area (Å²) in [7, 11) is 0. The fraction of sp³-hybridized carbons (Fsp3) is 0.444. The van der Waals surface area contributed by atoms with Gasteiger partial charge in [0.1, 0.15) is 5.60 Å². The second-order valence-corrected chi connectivity index (χ2v) is 9.25. The first-order valence-electron chi connectivity index (χ1n) is 8.10. The van der Waals surface area contributed by atoms with E-state index in [1.54, 1.807) is 45.2 Å². The van der Waals surface area contributed by atoms with E-state index in [-0.39, 0.29) is 10.6 Å². The SMILES string of the molecule is CC(C)(C)OC(=O)n1nc(-c2cccc(/C=N/SC(C)(C)C)c2)oc1=O. The number of hydrogen-bond acceptors (Lipinski definition) is 7. The van der Waals surface area contributed by atoms with Gasteiger partial charge < -0.3 is 9.15 Å². The van der Waals surface area contributed by atoms with Crippen molar-refractivity contribution in [1.82, 2.24) is 9.78 Å². The van der Waals surface area contributed by atoms with E-state index in [0.717, 1.165) is 5.56 Å². The van der Waals surface area contributed by atoms with Crippen LogP contribution in [0.2, 0.25) is 0 Å². The molecule has 2 aromatic rings. The van der Waals surface area contributed by atoms with Gasteiger partial charge in [-0.05, 0) is 71.2 Å². The molecular weight excluding hydrogens is 354 g/mol.